The van der Waals surface area contributed by atoms with E-state index in [-0.39, 0.29) is 11.2 Å². The third kappa shape index (κ3) is 4.40. The topological polar surface area (TPSA) is 90.9 Å². The summed E-state index contributed by atoms with van der Waals surface area (Å²) in [5.74, 6) is 0.172. The van der Waals surface area contributed by atoms with Crippen molar-refractivity contribution in [2.45, 2.75) is 26.7 Å². The zero-order chi connectivity index (χ0) is 12.1. The fourth-order valence-electron chi connectivity index (χ4n) is 1.40. The molecule has 0 bridgehead atoms. The van der Waals surface area contributed by atoms with Gasteiger partial charge >= 0.3 is 5.97 Å². The number of carbonyl (C=O) groups is 1. The fourth-order valence-corrected chi connectivity index (χ4v) is 1.40. The Morgan fingerprint density at radius 3 is 2.65 bits per heavy atom. The first-order valence-corrected chi connectivity index (χ1v) is 5.30. The van der Waals surface area contributed by atoms with Gasteiger partial charge in [0.15, 0.2) is 5.69 Å². The van der Waals surface area contributed by atoms with Crippen LogP contribution in [-0.2, 0) is 6.42 Å². The Morgan fingerprint density at radius 2 is 2.18 bits per heavy atom. The Balaban J connectivity index is 0.00000256. The van der Waals surface area contributed by atoms with E-state index in [1.54, 1.807) is 13.3 Å². The van der Waals surface area contributed by atoms with E-state index in [1.165, 1.54) is 6.07 Å². The summed E-state index contributed by atoms with van der Waals surface area (Å²) in [5, 5.41) is 8.80. The van der Waals surface area contributed by atoms with Gasteiger partial charge in [-0.3, -0.25) is 0 Å². The number of hydrogen-bond acceptors (Lipinski definition) is 3. The smallest absolute Gasteiger partial charge is 0.354 e. The molecule has 17 heavy (non-hydrogen) atoms. The van der Waals surface area contributed by atoms with Gasteiger partial charge in [0.25, 0.3) is 0 Å². The van der Waals surface area contributed by atoms with Gasteiger partial charge < -0.3 is 15.3 Å². The molecule has 0 spiro atoms. The fraction of sp³-hybridized carbons (Fsp3) is 0.500. The van der Waals surface area contributed by atoms with Crippen molar-refractivity contribution in [3.05, 3.63) is 23.5 Å². The highest BCUT2D eigenvalue weighted by Gasteiger charge is 2.10. The molecule has 1 heterocycles. The summed E-state index contributed by atoms with van der Waals surface area (Å²) < 4.78 is 5.17. The van der Waals surface area contributed by atoms with Gasteiger partial charge in [-0.25, -0.2) is 9.78 Å². The van der Waals surface area contributed by atoms with Crippen molar-refractivity contribution in [1.29, 1.82) is 0 Å². The highest BCUT2D eigenvalue weighted by Crippen LogP contribution is 2.21. The molecule has 1 aromatic rings. The summed E-state index contributed by atoms with van der Waals surface area (Å²) in [6.07, 6.45) is 3.48. The number of carboxylic acids is 1. The van der Waals surface area contributed by atoms with Gasteiger partial charge in [-0.1, -0.05) is 13.8 Å². The predicted octanol–water partition coefficient (Wildman–Crippen LogP) is 1.55. The first kappa shape index (κ1) is 15.4. The van der Waals surface area contributed by atoms with Crippen LogP contribution in [0.3, 0.4) is 0 Å². The van der Waals surface area contributed by atoms with E-state index in [0.717, 1.165) is 18.4 Å². The summed E-state index contributed by atoms with van der Waals surface area (Å²) in [4.78, 5) is 14.6. The molecule has 5 nitrogen and oxygen atoms in total. The van der Waals surface area contributed by atoms with E-state index in [4.69, 9.17) is 9.84 Å². The number of aromatic carboxylic acids is 1. The maximum atomic E-state index is 10.7. The van der Waals surface area contributed by atoms with Gasteiger partial charge in [-0.05, 0) is 18.8 Å². The van der Waals surface area contributed by atoms with Crippen LogP contribution in [0.15, 0.2) is 12.3 Å². The minimum absolute atomic E-state index is 0. The van der Waals surface area contributed by atoms with E-state index in [9.17, 15) is 4.79 Å². The first-order chi connectivity index (χ1) is 7.54. The van der Waals surface area contributed by atoms with Gasteiger partial charge in [-0.2, -0.15) is 0 Å². The van der Waals surface area contributed by atoms with Crippen molar-refractivity contribution >= 4 is 5.97 Å². The predicted molar refractivity (Wildman–Crippen MR) is 64.5 cm³/mol. The van der Waals surface area contributed by atoms with E-state index in [0.29, 0.717) is 11.7 Å². The highest BCUT2D eigenvalue weighted by molar-refractivity contribution is 5.85. The van der Waals surface area contributed by atoms with E-state index in [2.05, 4.69) is 18.8 Å². The minimum Gasteiger partial charge on any atom is -0.496 e. The van der Waals surface area contributed by atoms with Crippen LogP contribution in [0, 0.1) is 5.92 Å². The standard InChI is InChI=1S/C12H17NO3.H2O/c1-8(2)4-5-9-7-13-10(12(14)15)6-11(9)16-3;/h6-8H,4-5H2,1-3H3,(H,14,15);1H2. The molecule has 0 saturated carbocycles. The Morgan fingerprint density at radius 1 is 1.53 bits per heavy atom. The second-order valence-corrected chi connectivity index (χ2v) is 4.12. The molecular formula is C12H19NO4. The molecule has 96 valence electrons. The molecule has 1 rings (SSSR count). The Kier molecular flexibility index (Phi) is 6.20. The molecule has 5 heteroatoms. The van der Waals surface area contributed by atoms with Gasteiger partial charge in [0, 0.05) is 17.8 Å². The summed E-state index contributed by atoms with van der Waals surface area (Å²) >= 11 is 0. The van der Waals surface area contributed by atoms with Crippen LogP contribution < -0.4 is 4.74 Å². The van der Waals surface area contributed by atoms with Crippen LogP contribution in [0.2, 0.25) is 0 Å². The van der Waals surface area contributed by atoms with Crippen LogP contribution in [0.25, 0.3) is 0 Å². The Bertz CT molecular complexity index is 377. The molecule has 3 N–H and O–H groups in total. The first-order valence-electron chi connectivity index (χ1n) is 5.30. The SMILES string of the molecule is COc1cc(C(=O)O)ncc1CCC(C)C.O. The monoisotopic (exact) mass is 241 g/mol. The van der Waals surface area contributed by atoms with Crippen LogP contribution in [0.5, 0.6) is 5.75 Å². The normalized spacial score (nSPS) is 9.88. The van der Waals surface area contributed by atoms with Crippen LogP contribution in [0.1, 0.15) is 36.3 Å². The lowest BCUT2D eigenvalue weighted by atomic mass is 10.0. The van der Waals surface area contributed by atoms with E-state index in [1.807, 2.05) is 0 Å². The summed E-state index contributed by atoms with van der Waals surface area (Å²) in [7, 11) is 1.54. The largest absolute Gasteiger partial charge is 0.496 e. The zero-order valence-corrected chi connectivity index (χ0v) is 10.4. The van der Waals surface area contributed by atoms with Crippen LogP contribution in [-0.4, -0.2) is 28.6 Å². The molecule has 0 fully saturated rings. The lowest BCUT2D eigenvalue weighted by Gasteiger charge is -2.09. The quantitative estimate of drug-likeness (QED) is 0.846. The number of methoxy groups -OCH3 is 1. The highest BCUT2D eigenvalue weighted by atomic mass is 16.5. The minimum atomic E-state index is -1.03. The number of aryl methyl sites for hydroxylation is 1. The second kappa shape index (κ2) is 6.85. The Hall–Kier alpha value is -1.62. The van der Waals surface area contributed by atoms with E-state index >= 15 is 0 Å². The van der Waals surface area contributed by atoms with Gasteiger partial charge in [0.2, 0.25) is 0 Å². The molecule has 0 saturated heterocycles. The van der Waals surface area contributed by atoms with Crippen molar-refractivity contribution < 1.29 is 20.1 Å². The molecule has 0 amide bonds. The van der Waals surface area contributed by atoms with Gasteiger partial charge in [-0.15, -0.1) is 0 Å². The van der Waals surface area contributed by atoms with Crippen molar-refractivity contribution in [1.82, 2.24) is 4.98 Å². The number of carboxylic acid groups (broad SMARTS) is 1. The van der Waals surface area contributed by atoms with Crippen molar-refractivity contribution in [3.8, 4) is 5.75 Å². The molecule has 0 atom stereocenters. The average Bonchev–Trinajstić information content (AvgIpc) is 2.25. The van der Waals surface area contributed by atoms with Crippen molar-refractivity contribution in [2.75, 3.05) is 7.11 Å². The second-order valence-electron chi connectivity index (χ2n) is 4.12. The zero-order valence-electron chi connectivity index (χ0n) is 10.4. The number of aromatic nitrogens is 1. The van der Waals surface area contributed by atoms with Crippen molar-refractivity contribution in [2.24, 2.45) is 5.92 Å². The Labute approximate surface area is 101 Å². The van der Waals surface area contributed by atoms with Crippen LogP contribution in [0.4, 0.5) is 0 Å². The van der Waals surface area contributed by atoms with Gasteiger partial charge in [0.05, 0.1) is 7.11 Å². The third-order valence-electron chi connectivity index (χ3n) is 2.37. The summed E-state index contributed by atoms with van der Waals surface area (Å²) in [6.45, 7) is 4.29. The maximum absolute atomic E-state index is 10.7. The maximum Gasteiger partial charge on any atom is 0.354 e. The molecule has 0 unspecified atom stereocenters. The molecule has 1 aromatic heterocycles. The lowest BCUT2D eigenvalue weighted by molar-refractivity contribution is 0.0690. The molecule has 0 aliphatic carbocycles. The molecule has 0 aromatic carbocycles. The molecular weight excluding hydrogens is 222 g/mol. The summed E-state index contributed by atoms with van der Waals surface area (Å²) in [5.41, 5.74) is 0.978. The number of rotatable bonds is 5. The summed E-state index contributed by atoms with van der Waals surface area (Å²) in [6, 6.07) is 1.47. The molecule has 0 aliphatic rings. The number of pyridine rings is 1. The van der Waals surface area contributed by atoms with Crippen molar-refractivity contribution in [3.63, 3.8) is 0 Å². The van der Waals surface area contributed by atoms with E-state index < -0.39 is 5.97 Å². The number of nitrogens with zero attached hydrogens (tertiary/aromatic N) is 1. The number of ether oxygens (including phenoxy) is 1. The molecule has 0 aliphatic heterocycles. The average molecular weight is 241 g/mol. The van der Waals surface area contributed by atoms with Crippen LogP contribution >= 0.6 is 0 Å². The number of hydrogen-bond donors (Lipinski definition) is 1. The molecule has 0 radical (unpaired) electrons. The third-order valence-corrected chi connectivity index (χ3v) is 2.37. The van der Waals surface area contributed by atoms with Gasteiger partial charge in [0.1, 0.15) is 5.75 Å². The lowest BCUT2D eigenvalue weighted by Crippen LogP contribution is -2.03.